The molecule has 2 aromatic carbocycles. The monoisotopic (exact) mass is 449 g/mol. The zero-order chi connectivity index (χ0) is 23.4. The number of halogens is 1. The molecule has 6 nitrogen and oxygen atoms in total. The van der Waals surface area contributed by atoms with E-state index >= 15 is 0 Å². The van der Waals surface area contributed by atoms with Crippen LogP contribution in [0.5, 0.6) is 5.75 Å². The molecule has 0 saturated carbocycles. The molecule has 2 heterocycles. The van der Waals surface area contributed by atoms with Crippen LogP contribution >= 0.6 is 0 Å². The number of aromatic nitrogens is 2. The number of hydrogen-bond acceptors (Lipinski definition) is 6. The third kappa shape index (κ3) is 6.49. The second-order valence-corrected chi connectivity index (χ2v) is 9.12. The van der Waals surface area contributed by atoms with Gasteiger partial charge in [-0.2, -0.15) is 4.39 Å². The number of hydrogen-bond donors (Lipinski definition) is 1. The van der Waals surface area contributed by atoms with E-state index in [9.17, 15) is 4.39 Å². The Labute approximate surface area is 195 Å². The lowest BCUT2D eigenvalue weighted by Crippen LogP contribution is -2.43. The molecule has 1 N–H and O–H groups in total. The summed E-state index contributed by atoms with van der Waals surface area (Å²) in [6, 6.07) is 15.7. The van der Waals surface area contributed by atoms with Crippen molar-refractivity contribution in [1.82, 2.24) is 19.8 Å². The van der Waals surface area contributed by atoms with Gasteiger partial charge in [-0.15, -0.1) is 0 Å². The van der Waals surface area contributed by atoms with Crippen LogP contribution in [0.1, 0.15) is 25.0 Å². The summed E-state index contributed by atoms with van der Waals surface area (Å²) in [6.45, 7) is 10.1. The number of ether oxygens (including phenoxy) is 1. The number of anilines is 2. The van der Waals surface area contributed by atoms with E-state index in [4.69, 9.17) is 9.72 Å². The first-order chi connectivity index (χ1) is 15.7. The van der Waals surface area contributed by atoms with Gasteiger partial charge in [-0.05, 0) is 49.4 Å². The zero-order valence-corrected chi connectivity index (χ0v) is 19.8. The highest BCUT2D eigenvalue weighted by atomic mass is 19.2. The summed E-state index contributed by atoms with van der Waals surface area (Å²) in [7, 11) is 2.17. The van der Waals surface area contributed by atoms with Crippen LogP contribution in [0.2, 0.25) is 0 Å². The highest BCUT2D eigenvalue weighted by Crippen LogP contribution is 2.28. The van der Waals surface area contributed by atoms with Crippen molar-refractivity contribution in [3.63, 3.8) is 0 Å². The van der Waals surface area contributed by atoms with E-state index in [-0.39, 0.29) is 0 Å². The molecular weight excluding hydrogens is 417 g/mol. The van der Waals surface area contributed by atoms with Crippen LogP contribution in [0.4, 0.5) is 16.0 Å². The third-order valence-corrected chi connectivity index (χ3v) is 5.65. The molecular formula is C26H32FN5O. The summed E-state index contributed by atoms with van der Waals surface area (Å²) in [5, 5.41) is 3.30. The van der Waals surface area contributed by atoms with E-state index in [1.165, 1.54) is 19.4 Å². The van der Waals surface area contributed by atoms with E-state index in [0.29, 0.717) is 11.7 Å². The molecule has 4 rings (SSSR count). The maximum Gasteiger partial charge on any atom is 0.242 e. The third-order valence-electron chi connectivity index (χ3n) is 5.65. The summed E-state index contributed by atoms with van der Waals surface area (Å²) in [4.78, 5) is 14.0. The minimum absolute atomic E-state index is 0.462. The number of aryl methyl sites for hydroxylation is 1. The van der Waals surface area contributed by atoms with Crippen LogP contribution in [-0.2, 0) is 6.54 Å². The summed E-state index contributed by atoms with van der Waals surface area (Å²) in [6.07, 6.45) is 1.79. The Balaban J connectivity index is 1.45. The molecule has 1 aliphatic rings. The van der Waals surface area contributed by atoms with Gasteiger partial charge in [0.05, 0.1) is 5.69 Å². The Bertz CT molecular complexity index is 1070. The molecule has 0 radical (unpaired) electrons. The van der Waals surface area contributed by atoms with Gasteiger partial charge in [0, 0.05) is 64.0 Å². The lowest BCUT2D eigenvalue weighted by molar-refractivity contribution is -0.0256. The Kier molecular flexibility index (Phi) is 6.91. The average molecular weight is 450 g/mol. The fourth-order valence-corrected chi connectivity index (χ4v) is 3.87. The fraction of sp³-hybridized carbons (Fsp3) is 0.385. The maximum atomic E-state index is 13.9. The van der Waals surface area contributed by atoms with Crippen molar-refractivity contribution < 1.29 is 9.13 Å². The van der Waals surface area contributed by atoms with Gasteiger partial charge in [0.2, 0.25) is 11.8 Å². The van der Waals surface area contributed by atoms with Gasteiger partial charge < -0.3 is 15.0 Å². The Morgan fingerprint density at radius 2 is 1.79 bits per heavy atom. The molecule has 174 valence electrons. The van der Waals surface area contributed by atoms with Crippen LogP contribution in [0.25, 0.3) is 11.3 Å². The Morgan fingerprint density at radius 3 is 2.48 bits per heavy atom. The smallest absolute Gasteiger partial charge is 0.242 e. The minimum atomic E-state index is -1.75. The van der Waals surface area contributed by atoms with Crippen LogP contribution in [0.3, 0.4) is 0 Å². The van der Waals surface area contributed by atoms with Gasteiger partial charge in [0.25, 0.3) is 0 Å². The quantitative estimate of drug-likeness (QED) is 0.546. The van der Waals surface area contributed by atoms with E-state index in [1.54, 1.807) is 18.3 Å². The predicted molar refractivity (Wildman–Crippen MR) is 131 cm³/mol. The Morgan fingerprint density at radius 1 is 1.06 bits per heavy atom. The van der Waals surface area contributed by atoms with Crippen molar-refractivity contribution in [2.75, 3.05) is 38.5 Å². The first-order valence-electron chi connectivity index (χ1n) is 11.3. The molecule has 0 spiro atoms. The fourth-order valence-electron chi connectivity index (χ4n) is 3.87. The summed E-state index contributed by atoms with van der Waals surface area (Å²) in [5.41, 5.74) is 4.79. The molecule has 0 unspecified atom stereocenters. The Hall–Kier alpha value is -3.03. The van der Waals surface area contributed by atoms with E-state index in [1.807, 2.05) is 19.1 Å². The van der Waals surface area contributed by atoms with Crippen LogP contribution in [-0.4, -0.2) is 58.8 Å². The van der Waals surface area contributed by atoms with Gasteiger partial charge in [0.1, 0.15) is 5.75 Å². The predicted octanol–water partition coefficient (Wildman–Crippen LogP) is 5.03. The number of benzene rings is 2. The minimum Gasteiger partial charge on any atom is -0.459 e. The first kappa shape index (κ1) is 23.1. The number of nitrogens with zero attached hydrogens (tertiary/aromatic N) is 4. The highest BCUT2D eigenvalue weighted by Gasteiger charge is 2.18. The van der Waals surface area contributed by atoms with Crippen LogP contribution in [0.15, 0.2) is 54.7 Å². The number of rotatable bonds is 7. The molecule has 0 aliphatic carbocycles. The van der Waals surface area contributed by atoms with Gasteiger partial charge in [-0.25, -0.2) is 9.97 Å². The van der Waals surface area contributed by atoms with Crippen LogP contribution in [0, 0.1) is 6.92 Å². The SMILES string of the molecule is Cc1cnc(Nc2ccc(CN3CCN(C)CC3)cc2)nc1-c1cccc(OC(C)(C)F)c1. The van der Waals surface area contributed by atoms with Gasteiger partial charge in [0.15, 0.2) is 0 Å². The molecule has 1 fully saturated rings. The number of alkyl halides is 1. The largest absolute Gasteiger partial charge is 0.459 e. The highest BCUT2D eigenvalue weighted by molar-refractivity contribution is 5.66. The second-order valence-electron chi connectivity index (χ2n) is 9.12. The molecule has 1 saturated heterocycles. The zero-order valence-electron chi connectivity index (χ0n) is 19.8. The number of nitrogens with one attached hydrogen (secondary N) is 1. The molecule has 0 bridgehead atoms. The first-order valence-corrected chi connectivity index (χ1v) is 11.3. The molecule has 3 aromatic rings. The van der Waals surface area contributed by atoms with Gasteiger partial charge in [-0.3, -0.25) is 4.90 Å². The van der Waals surface area contributed by atoms with Gasteiger partial charge >= 0.3 is 0 Å². The molecule has 1 aromatic heterocycles. The molecule has 7 heteroatoms. The van der Waals surface area contributed by atoms with Crippen molar-refractivity contribution in [2.45, 2.75) is 33.2 Å². The van der Waals surface area contributed by atoms with E-state index < -0.39 is 5.85 Å². The molecule has 0 atom stereocenters. The van der Waals surface area contributed by atoms with Crippen molar-refractivity contribution in [3.05, 3.63) is 65.9 Å². The maximum absolute atomic E-state index is 13.9. The topological polar surface area (TPSA) is 53.5 Å². The number of piperazine rings is 1. The van der Waals surface area contributed by atoms with Crippen molar-refractivity contribution >= 4 is 11.6 Å². The normalized spacial score (nSPS) is 15.4. The lowest BCUT2D eigenvalue weighted by atomic mass is 10.1. The standard InChI is InChI=1S/C26H32FN5O/c1-19-17-28-25(30-24(19)21-6-5-7-23(16-21)33-26(2,3)27)29-22-10-8-20(9-11-22)18-32-14-12-31(4)13-15-32/h5-11,16-17H,12-15,18H2,1-4H3,(H,28,29,30). The average Bonchev–Trinajstić information content (AvgIpc) is 2.77. The van der Waals surface area contributed by atoms with Crippen molar-refractivity contribution in [1.29, 1.82) is 0 Å². The van der Waals surface area contributed by atoms with Crippen molar-refractivity contribution in [3.8, 4) is 17.0 Å². The molecule has 33 heavy (non-hydrogen) atoms. The summed E-state index contributed by atoms with van der Waals surface area (Å²) >= 11 is 0. The second kappa shape index (κ2) is 9.85. The summed E-state index contributed by atoms with van der Waals surface area (Å²) in [5.74, 6) is -0.772. The summed E-state index contributed by atoms with van der Waals surface area (Å²) < 4.78 is 19.3. The van der Waals surface area contributed by atoms with Crippen LogP contribution < -0.4 is 10.1 Å². The van der Waals surface area contributed by atoms with E-state index in [2.05, 4.69) is 51.4 Å². The van der Waals surface area contributed by atoms with E-state index in [0.717, 1.165) is 55.2 Å². The van der Waals surface area contributed by atoms with Crippen molar-refractivity contribution in [2.24, 2.45) is 0 Å². The number of likely N-dealkylation sites (N-methyl/N-ethyl adjacent to an activating group) is 1. The lowest BCUT2D eigenvalue weighted by Gasteiger charge is -2.32. The molecule has 1 aliphatic heterocycles. The van der Waals surface area contributed by atoms with Gasteiger partial charge in [-0.1, -0.05) is 24.3 Å². The molecule has 0 amide bonds.